The highest BCUT2D eigenvalue weighted by Crippen LogP contribution is 2.37. The Balaban J connectivity index is 2.35. The minimum atomic E-state index is 0.357. The van der Waals surface area contributed by atoms with Gasteiger partial charge in [-0.2, -0.15) is 0 Å². The van der Waals surface area contributed by atoms with Crippen LogP contribution in [0.5, 0.6) is 5.75 Å². The number of rotatable bonds is 5. The number of hydrogen-bond donors (Lipinski definition) is 1. The number of ether oxygens (including phenoxy) is 1. The van der Waals surface area contributed by atoms with Crippen LogP contribution in [0.15, 0.2) is 12.1 Å². The van der Waals surface area contributed by atoms with Gasteiger partial charge in [-0.25, -0.2) is 0 Å². The van der Waals surface area contributed by atoms with E-state index >= 15 is 0 Å². The van der Waals surface area contributed by atoms with Gasteiger partial charge in [-0.1, -0.05) is 31.9 Å². The van der Waals surface area contributed by atoms with Crippen LogP contribution >= 0.6 is 11.6 Å². The summed E-state index contributed by atoms with van der Waals surface area (Å²) < 4.78 is 5.76. The number of halogens is 1. The monoisotopic (exact) mass is 253 g/mol. The van der Waals surface area contributed by atoms with E-state index in [-0.39, 0.29) is 0 Å². The molecule has 0 fully saturated rings. The van der Waals surface area contributed by atoms with Crippen LogP contribution in [0.1, 0.15) is 43.9 Å². The van der Waals surface area contributed by atoms with E-state index in [0.717, 1.165) is 43.2 Å². The maximum Gasteiger partial charge on any atom is 0.127 e. The van der Waals surface area contributed by atoms with Crippen LogP contribution < -0.4 is 10.1 Å². The molecule has 1 aliphatic heterocycles. The molecule has 1 atom stereocenters. The van der Waals surface area contributed by atoms with Crippen molar-refractivity contribution in [3.05, 3.63) is 28.3 Å². The Labute approximate surface area is 108 Å². The topological polar surface area (TPSA) is 21.3 Å². The van der Waals surface area contributed by atoms with Crippen LogP contribution in [0.2, 0.25) is 5.02 Å². The summed E-state index contributed by atoms with van der Waals surface area (Å²) in [7, 11) is 0. The predicted octanol–water partition coefficient (Wildman–Crippen LogP) is 3.73. The van der Waals surface area contributed by atoms with Gasteiger partial charge in [0.15, 0.2) is 0 Å². The Kier molecular flexibility index (Phi) is 4.30. The molecule has 94 valence electrons. The summed E-state index contributed by atoms with van der Waals surface area (Å²) in [5.41, 5.74) is 2.49. The van der Waals surface area contributed by atoms with Crippen molar-refractivity contribution in [3.63, 3.8) is 0 Å². The van der Waals surface area contributed by atoms with Gasteiger partial charge in [0.2, 0.25) is 0 Å². The fourth-order valence-electron chi connectivity index (χ4n) is 2.46. The summed E-state index contributed by atoms with van der Waals surface area (Å²) in [5.74, 6) is 1.06. The summed E-state index contributed by atoms with van der Waals surface area (Å²) in [5, 5.41) is 4.34. The molecule has 1 N–H and O–H groups in total. The minimum absolute atomic E-state index is 0.357. The lowest BCUT2D eigenvalue weighted by molar-refractivity contribution is 0.347. The van der Waals surface area contributed by atoms with Crippen molar-refractivity contribution in [3.8, 4) is 5.75 Å². The summed E-state index contributed by atoms with van der Waals surface area (Å²) in [4.78, 5) is 0. The van der Waals surface area contributed by atoms with Crippen LogP contribution in [0.25, 0.3) is 0 Å². The normalized spacial score (nSPS) is 15.5. The average Bonchev–Trinajstić information content (AvgIpc) is 2.75. The van der Waals surface area contributed by atoms with Crippen molar-refractivity contribution < 1.29 is 4.74 Å². The van der Waals surface area contributed by atoms with Crippen molar-refractivity contribution in [1.29, 1.82) is 0 Å². The smallest absolute Gasteiger partial charge is 0.127 e. The first-order valence-corrected chi connectivity index (χ1v) is 6.82. The molecular formula is C14H20ClNO. The lowest BCUT2D eigenvalue weighted by Gasteiger charge is -2.20. The quantitative estimate of drug-likeness (QED) is 0.864. The first kappa shape index (κ1) is 12.7. The SMILES string of the molecule is CCCC(NCC)c1cc(Cl)cc2c1OCC2. The Morgan fingerprint density at radius 3 is 2.94 bits per heavy atom. The maximum absolute atomic E-state index is 6.19. The van der Waals surface area contributed by atoms with E-state index in [1.807, 2.05) is 6.07 Å². The molecule has 0 saturated carbocycles. The Hall–Kier alpha value is -0.730. The Morgan fingerprint density at radius 1 is 1.41 bits per heavy atom. The number of benzene rings is 1. The summed E-state index contributed by atoms with van der Waals surface area (Å²) >= 11 is 6.19. The molecule has 1 aromatic rings. The van der Waals surface area contributed by atoms with Crippen LogP contribution in [0.3, 0.4) is 0 Å². The highest BCUT2D eigenvalue weighted by Gasteiger charge is 2.22. The molecule has 0 spiro atoms. The van der Waals surface area contributed by atoms with Gasteiger partial charge < -0.3 is 10.1 Å². The summed E-state index contributed by atoms with van der Waals surface area (Å²) in [6, 6.07) is 4.44. The second-order valence-electron chi connectivity index (χ2n) is 4.48. The van der Waals surface area contributed by atoms with E-state index in [0.29, 0.717) is 6.04 Å². The third kappa shape index (κ3) is 2.75. The van der Waals surface area contributed by atoms with Crippen LogP contribution in [-0.2, 0) is 6.42 Å². The molecule has 1 heterocycles. The zero-order chi connectivity index (χ0) is 12.3. The van der Waals surface area contributed by atoms with Gasteiger partial charge in [-0.05, 0) is 30.7 Å². The highest BCUT2D eigenvalue weighted by molar-refractivity contribution is 6.30. The first-order chi connectivity index (χ1) is 8.26. The molecule has 0 radical (unpaired) electrons. The standard InChI is InChI=1S/C14H20ClNO/c1-3-5-13(16-4-2)12-9-11(15)8-10-6-7-17-14(10)12/h8-9,13,16H,3-7H2,1-2H3. The van der Waals surface area contributed by atoms with Crippen molar-refractivity contribution in [1.82, 2.24) is 5.32 Å². The summed E-state index contributed by atoms with van der Waals surface area (Å²) in [6.45, 7) is 6.09. The first-order valence-electron chi connectivity index (χ1n) is 6.44. The molecule has 2 rings (SSSR count). The van der Waals surface area contributed by atoms with E-state index in [1.54, 1.807) is 0 Å². The molecule has 0 bridgehead atoms. The van der Waals surface area contributed by atoms with Crippen molar-refractivity contribution in [2.75, 3.05) is 13.2 Å². The van der Waals surface area contributed by atoms with Gasteiger partial charge in [-0.15, -0.1) is 0 Å². The largest absolute Gasteiger partial charge is 0.493 e. The van der Waals surface area contributed by atoms with Crippen LogP contribution in [0.4, 0.5) is 0 Å². The molecule has 1 aliphatic rings. The minimum Gasteiger partial charge on any atom is -0.493 e. The van der Waals surface area contributed by atoms with Gasteiger partial charge in [0.1, 0.15) is 5.75 Å². The lowest BCUT2D eigenvalue weighted by atomic mass is 9.98. The van der Waals surface area contributed by atoms with E-state index in [9.17, 15) is 0 Å². The van der Waals surface area contributed by atoms with Gasteiger partial charge >= 0.3 is 0 Å². The zero-order valence-corrected chi connectivity index (χ0v) is 11.3. The summed E-state index contributed by atoms with van der Waals surface area (Å²) in [6.07, 6.45) is 3.25. The molecule has 0 aromatic heterocycles. The fraction of sp³-hybridized carbons (Fsp3) is 0.571. The number of fused-ring (bicyclic) bond motifs is 1. The van der Waals surface area contributed by atoms with E-state index in [4.69, 9.17) is 16.3 Å². The molecule has 2 nitrogen and oxygen atoms in total. The zero-order valence-electron chi connectivity index (χ0n) is 10.6. The van der Waals surface area contributed by atoms with Crippen molar-refractivity contribution in [2.45, 2.75) is 39.2 Å². The molecule has 0 saturated heterocycles. The van der Waals surface area contributed by atoms with Gasteiger partial charge in [-0.3, -0.25) is 0 Å². The van der Waals surface area contributed by atoms with Gasteiger partial charge in [0.05, 0.1) is 6.61 Å². The number of hydrogen-bond acceptors (Lipinski definition) is 2. The molecular weight excluding hydrogens is 234 g/mol. The van der Waals surface area contributed by atoms with Gasteiger partial charge in [0, 0.05) is 23.0 Å². The van der Waals surface area contributed by atoms with Crippen LogP contribution in [0, 0.1) is 0 Å². The Bertz CT molecular complexity index is 386. The fourth-order valence-corrected chi connectivity index (χ4v) is 2.71. The second-order valence-corrected chi connectivity index (χ2v) is 4.92. The highest BCUT2D eigenvalue weighted by atomic mass is 35.5. The predicted molar refractivity (Wildman–Crippen MR) is 72.0 cm³/mol. The molecule has 0 amide bonds. The van der Waals surface area contributed by atoms with Crippen molar-refractivity contribution >= 4 is 11.6 Å². The average molecular weight is 254 g/mol. The van der Waals surface area contributed by atoms with Crippen LogP contribution in [-0.4, -0.2) is 13.2 Å². The Morgan fingerprint density at radius 2 is 2.24 bits per heavy atom. The lowest BCUT2D eigenvalue weighted by Crippen LogP contribution is -2.21. The van der Waals surface area contributed by atoms with Crippen molar-refractivity contribution in [2.24, 2.45) is 0 Å². The molecule has 3 heteroatoms. The van der Waals surface area contributed by atoms with Gasteiger partial charge in [0.25, 0.3) is 0 Å². The molecule has 0 aliphatic carbocycles. The molecule has 1 aromatic carbocycles. The van der Waals surface area contributed by atoms with E-state index in [2.05, 4.69) is 25.2 Å². The molecule has 1 unspecified atom stereocenters. The maximum atomic E-state index is 6.19. The third-order valence-corrected chi connectivity index (χ3v) is 3.40. The van der Waals surface area contributed by atoms with E-state index < -0.39 is 0 Å². The number of nitrogens with one attached hydrogen (secondary N) is 1. The third-order valence-electron chi connectivity index (χ3n) is 3.18. The van der Waals surface area contributed by atoms with E-state index in [1.165, 1.54) is 11.1 Å². The second kappa shape index (κ2) is 5.74. The molecule has 17 heavy (non-hydrogen) atoms.